The van der Waals surface area contributed by atoms with Gasteiger partial charge < -0.3 is 15.5 Å². The summed E-state index contributed by atoms with van der Waals surface area (Å²) in [6.07, 6.45) is 0.616. The van der Waals surface area contributed by atoms with Crippen LogP contribution in [0.4, 0.5) is 0 Å². The van der Waals surface area contributed by atoms with Crippen LogP contribution in [0.25, 0.3) is 0 Å². The maximum atomic E-state index is 11.4. The molecule has 1 atom stereocenters. The molecule has 1 unspecified atom stereocenters. The molecular formula is C11H23N3O. The lowest BCUT2D eigenvalue weighted by Crippen LogP contribution is -2.50. The van der Waals surface area contributed by atoms with E-state index in [1.54, 1.807) is 0 Å². The van der Waals surface area contributed by atoms with Crippen LogP contribution >= 0.6 is 0 Å². The number of hydrogen-bond acceptors (Lipinski definition) is 3. The molecule has 4 nitrogen and oxygen atoms in total. The Bertz CT molecular complexity index is 206. The number of hydrogen-bond donors (Lipinski definition) is 2. The fourth-order valence-electron chi connectivity index (χ4n) is 1.87. The number of amides is 1. The third-order valence-electron chi connectivity index (χ3n) is 2.56. The van der Waals surface area contributed by atoms with Crippen molar-refractivity contribution in [1.82, 2.24) is 15.5 Å². The molecule has 0 saturated carbocycles. The second-order valence-electron chi connectivity index (χ2n) is 4.63. The first-order chi connectivity index (χ1) is 7.08. The molecule has 2 N–H and O–H groups in total. The lowest BCUT2D eigenvalue weighted by Gasteiger charge is -2.31. The van der Waals surface area contributed by atoms with Crippen LogP contribution in [0, 0.1) is 0 Å². The zero-order valence-corrected chi connectivity index (χ0v) is 10.0. The molecule has 1 heterocycles. The van der Waals surface area contributed by atoms with Gasteiger partial charge in [0.05, 0.1) is 0 Å². The van der Waals surface area contributed by atoms with E-state index in [1.807, 2.05) is 13.8 Å². The Hall–Kier alpha value is -0.610. The Labute approximate surface area is 92.4 Å². The quantitative estimate of drug-likeness (QED) is 0.701. The van der Waals surface area contributed by atoms with Crippen molar-refractivity contribution in [2.75, 3.05) is 26.2 Å². The minimum atomic E-state index is 0.163. The van der Waals surface area contributed by atoms with Crippen molar-refractivity contribution in [3.63, 3.8) is 0 Å². The highest BCUT2D eigenvalue weighted by molar-refractivity contribution is 5.76. The van der Waals surface area contributed by atoms with Crippen molar-refractivity contribution >= 4 is 5.91 Å². The largest absolute Gasteiger partial charge is 0.354 e. The summed E-state index contributed by atoms with van der Waals surface area (Å²) in [6, 6.07) is 0.798. The molecule has 1 rings (SSSR count). The van der Waals surface area contributed by atoms with Gasteiger partial charge in [0.25, 0.3) is 0 Å². The minimum Gasteiger partial charge on any atom is -0.354 e. The summed E-state index contributed by atoms with van der Waals surface area (Å²) < 4.78 is 0. The molecule has 0 aromatic carbocycles. The highest BCUT2D eigenvalue weighted by Gasteiger charge is 2.15. The molecule has 0 bridgehead atoms. The fraction of sp³-hybridized carbons (Fsp3) is 0.909. The van der Waals surface area contributed by atoms with Crippen molar-refractivity contribution in [1.29, 1.82) is 0 Å². The van der Waals surface area contributed by atoms with Crippen molar-refractivity contribution in [3.05, 3.63) is 0 Å². The van der Waals surface area contributed by atoms with E-state index >= 15 is 0 Å². The predicted octanol–water partition coefficient (Wildman–Crippen LogP) is 0.195. The molecule has 15 heavy (non-hydrogen) atoms. The third-order valence-corrected chi connectivity index (χ3v) is 2.56. The molecule has 0 spiro atoms. The highest BCUT2D eigenvalue weighted by Crippen LogP contribution is 1.99. The summed E-state index contributed by atoms with van der Waals surface area (Å²) >= 11 is 0. The number of rotatable bonds is 4. The van der Waals surface area contributed by atoms with Gasteiger partial charge in [0, 0.05) is 44.7 Å². The molecule has 0 aliphatic carbocycles. The molecule has 1 aliphatic heterocycles. The van der Waals surface area contributed by atoms with Gasteiger partial charge in [0.1, 0.15) is 0 Å². The Morgan fingerprint density at radius 1 is 1.60 bits per heavy atom. The van der Waals surface area contributed by atoms with Crippen molar-refractivity contribution < 1.29 is 4.79 Å². The van der Waals surface area contributed by atoms with Crippen LogP contribution in [0.3, 0.4) is 0 Å². The maximum absolute atomic E-state index is 11.4. The monoisotopic (exact) mass is 213 g/mol. The van der Waals surface area contributed by atoms with Crippen LogP contribution in [0.15, 0.2) is 0 Å². The number of carbonyl (C=O) groups excluding carboxylic acids is 1. The molecule has 1 saturated heterocycles. The second kappa shape index (κ2) is 6.08. The van der Waals surface area contributed by atoms with E-state index in [4.69, 9.17) is 0 Å². The Balaban J connectivity index is 2.16. The van der Waals surface area contributed by atoms with Gasteiger partial charge in [0.2, 0.25) is 5.91 Å². The lowest BCUT2D eigenvalue weighted by atomic mass is 10.2. The highest BCUT2D eigenvalue weighted by atomic mass is 16.1. The zero-order valence-electron chi connectivity index (χ0n) is 10.0. The van der Waals surface area contributed by atoms with Crippen molar-refractivity contribution in [3.8, 4) is 0 Å². The Morgan fingerprint density at radius 2 is 2.33 bits per heavy atom. The first-order valence-corrected chi connectivity index (χ1v) is 5.83. The average molecular weight is 213 g/mol. The van der Waals surface area contributed by atoms with Gasteiger partial charge in [-0.05, 0) is 20.8 Å². The van der Waals surface area contributed by atoms with Crippen molar-refractivity contribution in [2.24, 2.45) is 0 Å². The van der Waals surface area contributed by atoms with Crippen LogP contribution in [-0.2, 0) is 4.79 Å². The van der Waals surface area contributed by atoms with Gasteiger partial charge in [-0.25, -0.2) is 0 Å². The van der Waals surface area contributed by atoms with E-state index in [1.165, 1.54) is 0 Å². The van der Waals surface area contributed by atoms with Crippen molar-refractivity contribution in [2.45, 2.75) is 39.3 Å². The number of nitrogens with one attached hydrogen (secondary N) is 2. The number of carbonyl (C=O) groups is 1. The molecular weight excluding hydrogens is 190 g/mol. The average Bonchev–Trinajstić information content (AvgIpc) is 2.14. The molecule has 0 aromatic rings. The standard InChI is InChI=1S/C11H23N3O/c1-9(2)13-11(15)4-6-14-7-5-12-10(3)8-14/h9-10,12H,4-8H2,1-3H3,(H,13,15). The van der Waals surface area contributed by atoms with Crippen LogP contribution in [-0.4, -0.2) is 49.1 Å². The molecule has 4 heteroatoms. The number of nitrogens with zero attached hydrogens (tertiary/aromatic N) is 1. The molecule has 0 radical (unpaired) electrons. The second-order valence-corrected chi connectivity index (χ2v) is 4.63. The van der Waals surface area contributed by atoms with Gasteiger partial charge in [0.15, 0.2) is 0 Å². The van der Waals surface area contributed by atoms with E-state index in [-0.39, 0.29) is 11.9 Å². The first-order valence-electron chi connectivity index (χ1n) is 5.83. The molecule has 1 aliphatic rings. The molecule has 1 amide bonds. The van der Waals surface area contributed by atoms with Crippen LogP contribution in [0.1, 0.15) is 27.2 Å². The van der Waals surface area contributed by atoms with Gasteiger partial charge in [-0.2, -0.15) is 0 Å². The minimum absolute atomic E-state index is 0.163. The van der Waals surface area contributed by atoms with Gasteiger partial charge >= 0.3 is 0 Å². The summed E-state index contributed by atoms with van der Waals surface area (Å²) in [5.41, 5.74) is 0. The SMILES string of the molecule is CC(C)NC(=O)CCN1CCNC(C)C1. The first kappa shape index (κ1) is 12.5. The van der Waals surface area contributed by atoms with E-state index in [0.29, 0.717) is 12.5 Å². The Morgan fingerprint density at radius 3 is 2.93 bits per heavy atom. The summed E-state index contributed by atoms with van der Waals surface area (Å²) in [4.78, 5) is 13.8. The van der Waals surface area contributed by atoms with Gasteiger partial charge in [-0.3, -0.25) is 4.79 Å². The van der Waals surface area contributed by atoms with E-state index < -0.39 is 0 Å². The third kappa shape index (κ3) is 5.14. The summed E-state index contributed by atoms with van der Waals surface area (Å²) in [7, 11) is 0. The predicted molar refractivity (Wildman–Crippen MR) is 61.8 cm³/mol. The van der Waals surface area contributed by atoms with Crippen LogP contribution in [0.2, 0.25) is 0 Å². The van der Waals surface area contributed by atoms with Gasteiger partial charge in [-0.1, -0.05) is 0 Å². The fourth-order valence-corrected chi connectivity index (χ4v) is 1.87. The van der Waals surface area contributed by atoms with Crippen LogP contribution < -0.4 is 10.6 Å². The summed E-state index contributed by atoms with van der Waals surface area (Å²) in [5.74, 6) is 0.163. The lowest BCUT2D eigenvalue weighted by molar-refractivity contribution is -0.121. The molecule has 0 aromatic heterocycles. The Kier molecular flexibility index (Phi) is 5.05. The molecule has 1 fully saturated rings. The van der Waals surface area contributed by atoms with E-state index in [2.05, 4.69) is 22.5 Å². The van der Waals surface area contributed by atoms with Gasteiger partial charge in [-0.15, -0.1) is 0 Å². The number of piperazine rings is 1. The van der Waals surface area contributed by atoms with Crippen LogP contribution in [0.5, 0.6) is 0 Å². The normalized spacial score (nSPS) is 23.1. The molecule has 88 valence electrons. The zero-order chi connectivity index (χ0) is 11.3. The maximum Gasteiger partial charge on any atom is 0.221 e. The van der Waals surface area contributed by atoms with E-state index in [9.17, 15) is 4.79 Å². The van der Waals surface area contributed by atoms with E-state index in [0.717, 1.165) is 26.2 Å². The smallest absolute Gasteiger partial charge is 0.221 e. The summed E-state index contributed by atoms with van der Waals surface area (Å²) in [5, 5.41) is 6.30. The summed E-state index contributed by atoms with van der Waals surface area (Å²) in [6.45, 7) is 10.2. The topological polar surface area (TPSA) is 44.4 Å².